The summed E-state index contributed by atoms with van der Waals surface area (Å²) >= 11 is 3.36. The van der Waals surface area contributed by atoms with Gasteiger partial charge in [-0.3, -0.25) is 14.9 Å². The fraction of sp³-hybridized carbons (Fsp3) is 0.462. The number of hydrogen-bond donors (Lipinski definition) is 1. The molecule has 108 valence electrons. The summed E-state index contributed by atoms with van der Waals surface area (Å²) in [6.07, 6.45) is 1.17. The van der Waals surface area contributed by atoms with E-state index in [9.17, 15) is 14.9 Å². The number of hydrogen-bond acceptors (Lipinski definition) is 4. The number of carbonyl (C=O) groups is 1. The fourth-order valence-corrected chi connectivity index (χ4v) is 3.19. The van der Waals surface area contributed by atoms with Crippen molar-refractivity contribution in [3.05, 3.63) is 32.8 Å². The number of benzene rings is 1. The Balaban J connectivity index is 2.20. The predicted molar refractivity (Wildman–Crippen MR) is 78.0 cm³/mol. The van der Waals surface area contributed by atoms with E-state index in [4.69, 9.17) is 5.11 Å². The maximum absolute atomic E-state index is 11.0. The molecule has 2 unspecified atom stereocenters. The zero-order valence-electron chi connectivity index (χ0n) is 11.0. The van der Waals surface area contributed by atoms with Crippen LogP contribution in [0.2, 0.25) is 0 Å². The average Bonchev–Trinajstić information content (AvgIpc) is 2.38. The standard InChI is InChI=1S/C13H15BrN2O4/c1-8-6-9(13(17)18)4-5-15(8)12-3-2-10(16(19)20)7-11(12)14/h2-3,7-9H,4-6H2,1H3,(H,17,18). The van der Waals surface area contributed by atoms with Crippen molar-refractivity contribution in [3.8, 4) is 0 Å². The second kappa shape index (κ2) is 5.78. The summed E-state index contributed by atoms with van der Waals surface area (Å²) in [4.78, 5) is 23.4. The first-order valence-electron chi connectivity index (χ1n) is 6.33. The molecular weight excluding hydrogens is 328 g/mol. The first-order chi connectivity index (χ1) is 9.40. The summed E-state index contributed by atoms with van der Waals surface area (Å²) in [5.74, 6) is -1.06. The lowest BCUT2D eigenvalue weighted by Crippen LogP contribution is -2.43. The van der Waals surface area contributed by atoms with E-state index < -0.39 is 10.9 Å². The molecule has 1 aliphatic heterocycles. The maximum Gasteiger partial charge on any atom is 0.306 e. The van der Waals surface area contributed by atoms with Crippen molar-refractivity contribution in [2.45, 2.75) is 25.8 Å². The monoisotopic (exact) mass is 342 g/mol. The van der Waals surface area contributed by atoms with Gasteiger partial charge in [0.2, 0.25) is 0 Å². The molecule has 1 heterocycles. The molecule has 1 fully saturated rings. The maximum atomic E-state index is 11.0. The molecule has 0 amide bonds. The zero-order valence-corrected chi connectivity index (χ0v) is 12.5. The normalized spacial score (nSPS) is 22.6. The van der Waals surface area contributed by atoms with Crippen molar-refractivity contribution in [1.82, 2.24) is 0 Å². The van der Waals surface area contributed by atoms with Gasteiger partial charge in [-0.15, -0.1) is 0 Å². The van der Waals surface area contributed by atoms with Gasteiger partial charge in [-0.2, -0.15) is 0 Å². The highest BCUT2D eigenvalue weighted by Gasteiger charge is 2.30. The molecule has 0 spiro atoms. The Hall–Kier alpha value is -1.63. The van der Waals surface area contributed by atoms with Crippen LogP contribution < -0.4 is 4.90 Å². The summed E-state index contributed by atoms with van der Waals surface area (Å²) in [5, 5.41) is 19.8. The molecule has 0 aliphatic carbocycles. The molecule has 1 aromatic carbocycles. The number of piperidine rings is 1. The third-order valence-corrected chi connectivity index (χ3v) is 4.31. The van der Waals surface area contributed by atoms with E-state index in [1.165, 1.54) is 12.1 Å². The van der Waals surface area contributed by atoms with Crippen LogP contribution in [0.3, 0.4) is 0 Å². The predicted octanol–water partition coefficient (Wildman–Crippen LogP) is 3.05. The van der Waals surface area contributed by atoms with Crippen LogP contribution in [-0.2, 0) is 4.79 Å². The quantitative estimate of drug-likeness (QED) is 0.674. The first kappa shape index (κ1) is 14.8. The Morgan fingerprint density at radius 2 is 2.25 bits per heavy atom. The zero-order chi connectivity index (χ0) is 14.9. The molecular formula is C13H15BrN2O4. The summed E-state index contributed by atoms with van der Waals surface area (Å²) in [5.41, 5.74) is 0.903. The van der Waals surface area contributed by atoms with E-state index in [0.717, 1.165) is 5.69 Å². The minimum absolute atomic E-state index is 0.0358. The lowest BCUT2D eigenvalue weighted by atomic mass is 9.91. The third kappa shape index (κ3) is 2.92. The van der Waals surface area contributed by atoms with Gasteiger partial charge in [0.15, 0.2) is 0 Å². The van der Waals surface area contributed by atoms with Crippen LogP contribution in [0.5, 0.6) is 0 Å². The van der Waals surface area contributed by atoms with Gasteiger partial charge < -0.3 is 10.0 Å². The molecule has 1 N–H and O–H groups in total. The number of anilines is 1. The molecule has 0 aromatic heterocycles. The Kier molecular flexibility index (Phi) is 4.27. The van der Waals surface area contributed by atoms with Gasteiger partial charge in [-0.25, -0.2) is 0 Å². The topological polar surface area (TPSA) is 83.7 Å². The number of nitro benzene ring substituents is 1. The largest absolute Gasteiger partial charge is 0.481 e. The number of rotatable bonds is 3. The van der Waals surface area contributed by atoms with Gasteiger partial charge in [-0.1, -0.05) is 0 Å². The SMILES string of the molecule is CC1CC(C(=O)O)CCN1c1ccc([N+](=O)[O-])cc1Br. The highest BCUT2D eigenvalue weighted by Crippen LogP contribution is 2.35. The first-order valence-corrected chi connectivity index (χ1v) is 7.13. The molecule has 20 heavy (non-hydrogen) atoms. The minimum atomic E-state index is -0.751. The van der Waals surface area contributed by atoms with E-state index in [2.05, 4.69) is 20.8 Å². The van der Waals surface area contributed by atoms with E-state index in [1.807, 2.05) is 6.92 Å². The molecule has 0 radical (unpaired) electrons. The number of halogens is 1. The number of carboxylic acids is 1. The highest BCUT2D eigenvalue weighted by molar-refractivity contribution is 9.10. The van der Waals surface area contributed by atoms with Crippen molar-refractivity contribution >= 4 is 33.3 Å². The summed E-state index contributed by atoms with van der Waals surface area (Å²) in [7, 11) is 0. The Morgan fingerprint density at radius 3 is 2.75 bits per heavy atom. The van der Waals surface area contributed by atoms with Crippen LogP contribution in [0, 0.1) is 16.0 Å². The number of carboxylic acid groups (broad SMARTS) is 1. The van der Waals surface area contributed by atoms with Crippen molar-refractivity contribution < 1.29 is 14.8 Å². The molecule has 7 heteroatoms. The lowest BCUT2D eigenvalue weighted by molar-refractivity contribution is -0.384. The highest BCUT2D eigenvalue weighted by atomic mass is 79.9. The Bertz CT molecular complexity index is 549. The van der Waals surface area contributed by atoms with Gasteiger partial charge >= 0.3 is 5.97 Å². The van der Waals surface area contributed by atoms with Crippen LogP contribution in [-0.4, -0.2) is 28.6 Å². The van der Waals surface area contributed by atoms with Crippen LogP contribution in [0.1, 0.15) is 19.8 Å². The van der Waals surface area contributed by atoms with Crippen LogP contribution in [0.25, 0.3) is 0 Å². The number of aliphatic carboxylic acids is 1. The molecule has 2 atom stereocenters. The smallest absolute Gasteiger partial charge is 0.306 e. The molecule has 0 bridgehead atoms. The summed E-state index contributed by atoms with van der Waals surface area (Å²) in [6, 6.07) is 4.74. The van der Waals surface area contributed by atoms with Crippen molar-refractivity contribution in [2.75, 3.05) is 11.4 Å². The van der Waals surface area contributed by atoms with Gasteiger partial charge in [-0.05, 0) is 41.8 Å². The average molecular weight is 343 g/mol. The molecule has 1 saturated heterocycles. The van der Waals surface area contributed by atoms with Gasteiger partial charge in [0, 0.05) is 29.2 Å². The van der Waals surface area contributed by atoms with E-state index >= 15 is 0 Å². The number of nitrogens with zero attached hydrogens (tertiary/aromatic N) is 2. The van der Waals surface area contributed by atoms with E-state index in [-0.39, 0.29) is 17.6 Å². The van der Waals surface area contributed by atoms with Crippen molar-refractivity contribution in [1.29, 1.82) is 0 Å². The molecule has 6 nitrogen and oxygen atoms in total. The number of nitro groups is 1. The Morgan fingerprint density at radius 1 is 1.55 bits per heavy atom. The van der Waals surface area contributed by atoms with Crippen molar-refractivity contribution in [3.63, 3.8) is 0 Å². The molecule has 1 aliphatic rings. The van der Waals surface area contributed by atoms with Crippen LogP contribution in [0.4, 0.5) is 11.4 Å². The summed E-state index contributed by atoms with van der Waals surface area (Å²) < 4.78 is 0.660. The third-order valence-electron chi connectivity index (χ3n) is 3.68. The molecule has 0 saturated carbocycles. The van der Waals surface area contributed by atoms with E-state index in [1.54, 1.807) is 6.07 Å². The second-order valence-corrected chi connectivity index (χ2v) is 5.85. The molecule has 2 rings (SSSR count). The van der Waals surface area contributed by atoms with Gasteiger partial charge in [0.05, 0.1) is 16.5 Å². The van der Waals surface area contributed by atoms with Crippen molar-refractivity contribution in [2.24, 2.45) is 5.92 Å². The van der Waals surface area contributed by atoms with E-state index in [0.29, 0.717) is 23.9 Å². The van der Waals surface area contributed by atoms with Crippen LogP contribution >= 0.6 is 15.9 Å². The number of non-ortho nitro benzene ring substituents is 1. The van der Waals surface area contributed by atoms with Crippen LogP contribution in [0.15, 0.2) is 22.7 Å². The second-order valence-electron chi connectivity index (χ2n) is 4.99. The molecule has 1 aromatic rings. The Labute approximate surface area is 124 Å². The fourth-order valence-electron chi connectivity index (χ4n) is 2.60. The van der Waals surface area contributed by atoms with Gasteiger partial charge in [0.1, 0.15) is 0 Å². The van der Waals surface area contributed by atoms with Gasteiger partial charge in [0.25, 0.3) is 5.69 Å². The minimum Gasteiger partial charge on any atom is -0.481 e. The lowest BCUT2D eigenvalue weighted by Gasteiger charge is -2.38. The summed E-state index contributed by atoms with van der Waals surface area (Å²) in [6.45, 7) is 2.61.